The van der Waals surface area contributed by atoms with E-state index >= 15 is 0 Å². The largest absolute Gasteiger partial charge is 0.338 e. The van der Waals surface area contributed by atoms with Crippen LogP contribution in [-0.2, 0) is 0 Å². The predicted molar refractivity (Wildman–Crippen MR) is 108 cm³/mol. The van der Waals surface area contributed by atoms with Crippen molar-refractivity contribution in [3.05, 3.63) is 35.9 Å². The molecular formula is C20H25N8+. The summed E-state index contributed by atoms with van der Waals surface area (Å²) in [7, 11) is 0. The van der Waals surface area contributed by atoms with Crippen LogP contribution in [0.2, 0.25) is 0 Å². The van der Waals surface area contributed by atoms with E-state index in [0.717, 1.165) is 48.1 Å². The summed E-state index contributed by atoms with van der Waals surface area (Å²) in [4.78, 5) is 20.4. The third-order valence-electron chi connectivity index (χ3n) is 5.82. The second kappa shape index (κ2) is 6.56. The summed E-state index contributed by atoms with van der Waals surface area (Å²) < 4.78 is 2.06. The van der Waals surface area contributed by atoms with Gasteiger partial charge in [0, 0.05) is 12.1 Å². The summed E-state index contributed by atoms with van der Waals surface area (Å²) in [5.74, 6) is 1.40. The van der Waals surface area contributed by atoms with Crippen molar-refractivity contribution in [3.8, 4) is 5.82 Å². The number of benzene rings is 1. The Bertz CT molecular complexity index is 1150. The third kappa shape index (κ3) is 2.90. The van der Waals surface area contributed by atoms with Gasteiger partial charge in [0.15, 0.2) is 17.5 Å². The SMILES string of the molecule is Cc1cc2[nH]c[n+](-c3nc(NC4CCC(N)CC4)nc4nc[nH]c34)c2cc1C. The molecule has 0 spiro atoms. The van der Waals surface area contributed by atoms with Crippen LogP contribution in [0.25, 0.3) is 28.0 Å². The van der Waals surface area contributed by atoms with Crippen LogP contribution in [0.5, 0.6) is 0 Å². The van der Waals surface area contributed by atoms with Gasteiger partial charge in [-0.15, -0.1) is 0 Å². The van der Waals surface area contributed by atoms with Gasteiger partial charge in [0.1, 0.15) is 11.0 Å². The summed E-state index contributed by atoms with van der Waals surface area (Å²) in [5, 5.41) is 3.50. The van der Waals surface area contributed by atoms with Crippen molar-refractivity contribution in [2.24, 2.45) is 5.73 Å². The number of nitrogens with two attached hydrogens (primary N) is 1. The van der Waals surface area contributed by atoms with Crippen LogP contribution in [0.15, 0.2) is 24.8 Å². The molecule has 1 aliphatic carbocycles. The number of H-pyrrole nitrogens is 2. The highest BCUT2D eigenvalue weighted by Crippen LogP contribution is 2.22. The van der Waals surface area contributed by atoms with Crippen LogP contribution in [0.4, 0.5) is 5.95 Å². The fourth-order valence-electron chi connectivity index (χ4n) is 4.00. The zero-order valence-corrected chi connectivity index (χ0v) is 16.2. The summed E-state index contributed by atoms with van der Waals surface area (Å²) in [6, 6.07) is 5.01. The van der Waals surface area contributed by atoms with E-state index < -0.39 is 0 Å². The molecule has 8 heteroatoms. The van der Waals surface area contributed by atoms with Crippen molar-refractivity contribution in [2.45, 2.75) is 51.6 Å². The lowest BCUT2D eigenvalue weighted by atomic mass is 9.92. The molecule has 1 aromatic carbocycles. The first-order valence-corrected chi connectivity index (χ1v) is 9.82. The van der Waals surface area contributed by atoms with Gasteiger partial charge in [-0.25, -0.2) is 4.98 Å². The van der Waals surface area contributed by atoms with Crippen molar-refractivity contribution < 1.29 is 4.57 Å². The summed E-state index contributed by atoms with van der Waals surface area (Å²) in [6.07, 6.45) is 7.75. The van der Waals surface area contributed by atoms with Gasteiger partial charge in [-0.2, -0.15) is 9.55 Å². The van der Waals surface area contributed by atoms with E-state index in [1.165, 1.54) is 11.1 Å². The maximum Gasteiger partial charge on any atom is 0.302 e. The molecule has 0 bridgehead atoms. The monoisotopic (exact) mass is 377 g/mol. The zero-order chi connectivity index (χ0) is 19.3. The highest BCUT2D eigenvalue weighted by molar-refractivity contribution is 5.79. The number of hydrogen-bond donors (Lipinski definition) is 4. The zero-order valence-electron chi connectivity index (χ0n) is 16.2. The second-order valence-electron chi connectivity index (χ2n) is 7.83. The van der Waals surface area contributed by atoms with Gasteiger partial charge in [-0.3, -0.25) is 4.98 Å². The quantitative estimate of drug-likeness (QED) is 0.410. The summed E-state index contributed by atoms with van der Waals surface area (Å²) in [5.41, 5.74) is 12.2. The standard InChI is InChI=1S/C20H24N8/c1-11-7-15-16(8-12(11)2)28(10-24-15)19-17-18(23-9-22-17)26-20(27-19)25-14-5-3-13(21)4-6-14/h7-10,13-14H,3-6,21H2,1-2H3,(H2,22,23,25,26,27)/p+1. The Kier molecular flexibility index (Phi) is 4.01. The van der Waals surface area contributed by atoms with Gasteiger partial charge >= 0.3 is 5.95 Å². The number of aryl methyl sites for hydroxylation is 2. The number of hydrogen-bond acceptors (Lipinski definition) is 5. The maximum atomic E-state index is 6.03. The molecule has 0 atom stereocenters. The number of nitrogens with one attached hydrogen (secondary N) is 3. The minimum Gasteiger partial charge on any atom is -0.338 e. The lowest BCUT2D eigenvalue weighted by Crippen LogP contribution is -2.34. The molecule has 28 heavy (non-hydrogen) atoms. The van der Waals surface area contributed by atoms with E-state index in [1.54, 1.807) is 6.33 Å². The molecule has 5 N–H and O–H groups in total. The molecule has 3 aromatic heterocycles. The Morgan fingerprint density at radius 3 is 2.68 bits per heavy atom. The van der Waals surface area contributed by atoms with Crippen molar-refractivity contribution in [3.63, 3.8) is 0 Å². The first kappa shape index (κ1) is 17.1. The molecular weight excluding hydrogens is 352 g/mol. The Morgan fingerprint density at radius 1 is 1.07 bits per heavy atom. The van der Waals surface area contributed by atoms with E-state index in [2.05, 4.69) is 55.8 Å². The molecule has 5 rings (SSSR count). The molecule has 144 valence electrons. The highest BCUT2D eigenvalue weighted by Gasteiger charge is 2.24. The van der Waals surface area contributed by atoms with Gasteiger partial charge in [0.25, 0.3) is 5.82 Å². The van der Waals surface area contributed by atoms with Crippen molar-refractivity contribution in [2.75, 3.05) is 5.32 Å². The maximum absolute atomic E-state index is 6.03. The Hall–Kier alpha value is -3.00. The molecule has 1 saturated carbocycles. The number of nitrogens with zero attached hydrogens (tertiary/aromatic N) is 4. The molecule has 1 fully saturated rings. The number of imidazole rings is 2. The van der Waals surface area contributed by atoms with Crippen molar-refractivity contribution in [1.82, 2.24) is 24.9 Å². The van der Waals surface area contributed by atoms with Gasteiger partial charge in [-0.1, -0.05) is 4.98 Å². The Morgan fingerprint density at radius 2 is 1.86 bits per heavy atom. The van der Waals surface area contributed by atoms with E-state index in [9.17, 15) is 0 Å². The summed E-state index contributed by atoms with van der Waals surface area (Å²) in [6.45, 7) is 4.24. The average Bonchev–Trinajstić information content (AvgIpc) is 3.30. The molecule has 0 radical (unpaired) electrons. The second-order valence-corrected chi connectivity index (χ2v) is 7.83. The molecule has 1 aliphatic rings. The molecule has 8 nitrogen and oxygen atoms in total. The molecule has 0 amide bonds. The highest BCUT2D eigenvalue weighted by atomic mass is 15.2. The normalized spacial score (nSPS) is 20.1. The lowest BCUT2D eigenvalue weighted by molar-refractivity contribution is -0.569. The van der Waals surface area contributed by atoms with E-state index in [4.69, 9.17) is 10.7 Å². The first-order chi connectivity index (χ1) is 13.6. The molecule has 0 unspecified atom stereocenters. The number of anilines is 1. The Labute approximate surface area is 162 Å². The fraction of sp³-hybridized carbons (Fsp3) is 0.400. The smallest absolute Gasteiger partial charge is 0.302 e. The van der Waals surface area contributed by atoms with Gasteiger partial charge < -0.3 is 16.0 Å². The van der Waals surface area contributed by atoms with Crippen LogP contribution in [0.1, 0.15) is 36.8 Å². The van der Waals surface area contributed by atoms with E-state index in [-0.39, 0.29) is 0 Å². The van der Waals surface area contributed by atoms with E-state index in [0.29, 0.717) is 23.7 Å². The number of aromatic nitrogens is 6. The van der Waals surface area contributed by atoms with E-state index in [1.807, 2.05) is 6.33 Å². The first-order valence-electron chi connectivity index (χ1n) is 9.82. The molecule has 0 aliphatic heterocycles. The van der Waals surface area contributed by atoms with Crippen LogP contribution in [-0.4, -0.2) is 37.0 Å². The molecule has 4 aromatic rings. The number of aromatic amines is 2. The van der Waals surface area contributed by atoms with Gasteiger partial charge in [0.05, 0.1) is 6.33 Å². The topological polar surface area (TPSA) is 112 Å². The van der Waals surface area contributed by atoms with Gasteiger partial charge in [-0.05, 0) is 62.8 Å². The van der Waals surface area contributed by atoms with Crippen LogP contribution in [0, 0.1) is 13.8 Å². The minimum atomic E-state index is 0.317. The average molecular weight is 377 g/mol. The lowest BCUT2D eigenvalue weighted by Gasteiger charge is -2.26. The molecule has 3 heterocycles. The molecule has 0 saturated heterocycles. The number of rotatable bonds is 3. The van der Waals surface area contributed by atoms with Crippen LogP contribution in [0.3, 0.4) is 0 Å². The van der Waals surface area contributed by atoms with Crippen LogP contribution >= 0.6 is 0 Å². The fourth-order valence-corrected chi connectivity index (χ4v) is 4.00. The predicted octanol–water partition coefficient (Wildman–Crippen LogP) is 2.41. The summed E-state index contributed by atoms with van der Waals surface area (Å²) >= 11 is 0. The van der Waals surface area contributed by atoms with Crippen molar-refractivity contribution in [1.29, 1.82) is 0 Å². The Balaban J connectivity index is 1.59. The third-order valence-corrected chi connectivity index (χ3v) is 5.82. The van der Waals surface area contributed by atoms with Crippen molar-refractivity contribution >= 4 is 28.1 Å². The minimum absolute atomic E-state index is 0.317. The van der Waals surface area contributed by atoms with Gasteiger partial charge in [0.2, 0.25) is 0 Å². The number of fused-ring (bicyclic) bond motifs is 2. The van der Waals surface area contributed by atoms with Crippen LogP contribution < -0.4 is 15.6 Å².